The zero-order valence-electron chi connectivity index (χ0n) is 14.7. The number of benzene rings is 2. The predicted molar refractivity (Wildman–Crippen MR) is 102 cm³/mol. The molecule has 1 aliphatic rings. The van der Waals surface area contributed by atoms with E-state index in [-0.39, 0.29) is 36.3 Å². The molecule has 0 unspecified atom stereocenters. The van der Waals surface area contributed by atoms with Crippen molar-refractivity contribution < 1.29 is 18.0 Å². The number of H-pyrrole nitrogens is 1. The number of hydrogen-bond acceptors (Lipinski definition) is 5. The Morgan fingerprint density at radius 1 is 1.14 bits per heavy atom. The van der Waals surface area contributed by atoms with Gasteiger partial charge in [0.1, 0.15) is 0 Å². The molecule has 3 aromatic rings. The van der Waals surface area contributed by atoms with Crippen molar-refractivity contribution in [2.24, 2.45) is 0 Å². The van der Waals surface area contributed by atoms with Gasteiger partial charge in [0.2, 0.25) is 15.9 Å². The first-order chi connectivity index (χ1) is 13.4. The van der Waals surface area contributed by atoms with E-state index in [2.05, 4.69) is 20.8 Å². The number of fused-ring (bicyclic) bond motifs is 1. The van der Waals surface area contributed by atoms with Gasteiger partial charge in [-0.3, -0.25) is 14.7 Å². The van der Waals surface area contributed by atoms with Crippen LogP contribution < -0.4 is 10.6 Å². The topological polar surface area (TPSA) is 124 Å². The van der Waals surface area contributed by atoms with Gasteiger partial charge in [-0.15, -0.1) is 0 Å². The summed E-state index contributed by atoms with van der Waals surface area (Å²) in [5.41, 5.74) is 1.79. The van der Waals surface area contributed by atoms with Crippen LogP contribution in [0, 0.1) is 0 Å². The summed E-state index contributed by atoms with van der Waals surface area (Å²) in [6, 6.07) is 11.0. The van der Waals surface area contributed by atoms with Crippen LogP contribution in [0.4, 0.5) is 5.69 Å². The molecule has 2 aromatic carbocycles. The summed E-state index contributed by atoms with van der Waals surface area (Å²) in [5.74, 6) is -0.690. The zero-order valence-corrected chi connectivity index (χ0v) is 15.5. The third-order valence-corrected chi connectivity index (χ3v) is 6.32. The van der Waals surface area contributed by atoms with E-state index < -0.39 is 10.0 Å². The van der Waals surface area contributed by atoms with Gasteiger partial charge < -0.3 is 10.6 Å². The first-order valence-corrected chi connectivity index (χ1v) is 9.99. The molecular formula is C18H17N5O4S. The van der Waals surface area contributed by atoms with Crippen LogP contribution in [-0.2, 0) is 14.8 Å². The Morgan fingerprint density at radius 2 is 1.93 bits per heavy atom. The van der Waals surface area contributed by atoms with Crippen LogP contribution in [0.3, 0.4) is 0 Å². The molecule has 0 bridgehead atoms. The molecule has 144 valence electrons. The number of anilines is 1. The third-order valence-electron chi connectivity index (χ3n) is 4.46. The summed E-state index contributed by atoms with van der Waals surface area (Å²) in [4.78, 5) is 23.9. The van der Waals surface area contributed by atoms with Crippen LogP contribution in [0.2, 0.25) is 0 Å². The Labute approximate surface area is 160 Å². The molecular weight excluding hydrogens is 382 g/mol. The number of nitrogens with zero attached hydrogens (tertiary/aromatic N) is 2. The highest BCUT2D eigenvalue weighted by atomic mass is 32.2. The normalized spacial score (nSPS) is 15.4. The molecule has 0 radical (unpaired) electrons. The lowest BCUT2D eigenvalue weighted by Gasteiger charge is -2.25. The quantitative estimate of drug-likeness (QED) is 0.602. The molecule has 3 N–H and O–H groups in total. The van der Waals surface area contributed by atoms with Crippen molar-refractivity contribution in [1.82, 2.24) is 19.8 Å². The first kappa shape index (κ1) is 18.1. The Hall–Kier alpha value is -3.24. The summed E-state index contributed by atoms with van der Waals surface area (Å²) in [7, 11) is -3.78. The third kappa shape index (κ3) is 3.47. The van der Waals surface area contributed by atoms with Gasteiger partial charge in [-0.25, -0.2) is 8.42 Å². The van der Waals surface area contributed by atoms with E-state index in [0.29, 0.717) is 11.3 Å². The molecule has 0 atom stereocenters. The molecule has 28 heavy (non-hydrogen) atoms. The lowest BCUT2D eigenvalue weighted by Crippen LogP contribution is -2.49. The second kappa shape index (κ2) is 7.06. The van der Waals surface area contributed by atoms with Gasteiger partial charge in [0, 0.05) is 29.7 Å². The number of sulfonamides is 1. The van der Waals surface area contributed by atoms with Crippen LogP contribution >= 0.6 is 0 Å². The molecule has 2 amide bonds. The fourth-order valence-corrected chi connectivity index (χ4v) is 4.37. The number of rotatable bonds is 4. The van der Waals surface area contributed by atoms with Crippen molar-refractivity contribution in [3.05, 3.63) is 54.2 Å². The van der Waals surface area contributed by atoms with Gasteiger partial charge in [-0.05, 0) is 42.5 Å². The average Bonchev–Trinajstić information content (AvgIpc) is 3.16. The van der Waals surface area contributed by atoms with Crippen molar-refractivity contribution in [2.45, 2.75) is 4.90 Å². The molecule has 4 rings (SSSR count). The maximum absolute atomic E-state index is 12.6. The number of carbonyl (C=O) groups is 2. The molecule has 9 nitrogen and oxygen atoms in total. The molecule has 1 fully saturated rings. The van der Waals surface area contributed by atoms with Crippen LogP contribution in [0.25, 0.3) is 10.9 Å². The summed E-state index contributed by atoms with van der Waals surface area (Å²) >= 11 is 0. The number of aromatic amines is 1. The largest absolute Gasteiger partial charge is 0.354 e. The maximum atomic E-state index is 12.6. The molecule has 2 heterocycles. The van der Waals surface area contributed by atoms with E-state index in [1.54, 1.807) is 18.3 Å². The maximum Gasteiger partial charge on any atom is 0.255 e. The van der Waals surface area contributed by atoms with E-state index in [4.69, 9.17) is 0 Å². The highest BCUT2D eigenvalue weighted by Gasteiger charge is 2.29. The van der Waals surface area contributed by atoms with Gasteiger partial charge in [0.25, 0.3) is 5.91 Å². The van der Waals surface area contributed by atoms with E-state index >= 15 is 0 Å². The van der Waals surface area contributed by atoms with E-state index in [9.17, 15) is 18.0 Å². The highest BCUT2D eigenvalue weighted by molar-refractivity contribution is 7.89. The van der Waals surface area contributed by atoms with Gasteiger partial charge in [-0.1, -0.05) is 0 Å². The smallest absolute Gasteiger partial charge is 0.255 e. The van der Waals surface area contributed by atoms with E-state index in [1.165, 1.54) is 24.3 Å². The molecule has 0 saturated carbocycles. The van der Waals surface area contributed by atoms with Crippen molar-refractivity contribution in [2.75, 3.05) is 25.0 Å². The Bertz CT molecular complexity index is 1150. The fourth-order valence-electron chi connectivity index (χ4n) is 2.97. The lowest BCUT2D eigenvalue weighted by molar-refractivity contribution is -0.122. The molecule has 0 spiro atoms. The summed E-state index contributed by atoms with van der Waals surface area (Å²) < 4.78 is 26.4. The summed E-state index contributed by atoms with van der Waals surface area (Å²) in [5, 5.41) is 13.0. The number of nitrogens with one attached hydrogen (secondary N) is 3. The molecule has 10 heteroatoms. The standard InChI is InChI=1S/C18H17N5O4S/c24-17-11-23(8-7-19-17)28(26,27)15-4-1-12(2-5-15)18(25)21-14-3-6-16-13(9-14)10-20-22-16/h1-6,9-10H,7-8,11H2,(H,19,24)(H,20,22)(H,21,25). The minimum atomic E-state index is -3.78. The SMILES string of the molecule is O=C1CN(S(=O)(=O)c2ccc(C(=O)Nc3ccc4[nH]ncc4c3)cc2)CCN1. The summed E-state index contributed by atoms with van der Waals surface area (Å²) in [6.07, 6.45) is 1.66. The Kier molecular flexibility index (Phi) is 4.57. The van der Waals surface area contributed by atoms with Gasteiger partial charge in [0.05, 0.1) is 23.2 Å². The van der Waals surface area contributed by atoms with Crippen molar-refractivity contribution >= 4 is 38.4 Å². The van der Waals surface area contributed by atoms with Crippen LogP contribution in [0.5, 0.6) is 0 Å². The number of piperazine rings is 1. The van der Waals surface area contributed by atoms with Crippen LogP contribution in [0.1, 0.15) is 10.4 Å². The monoisotopic (exact) mass is 399 g/mol. The first-order valence-electron chi connectivity index (χ1n) is 8.55. The minimum Gasteiger partial charge on any atom is -0.354 e. The Morgan fingerprint density at radius 3 is 2.68 bits per heavy atom. The molecule has 1 saturated heterocycles. The van der Waals surface area contributed by atoms with Crippen LogP contribution in [0.15, 0.2) is 53.6 Å². The Balaban J connectivity index is 1.50. The fraction of sp³-hybridized carbons (Fsp3) is 0.167. The number of aromatic nitrogens is 2. The number of amides is 2. The zero-order chi connectivity index (χ0) is 19.7. The highest BCUT2D eigenvalue weighted by Crippen LogP contribution is 2.20. The van der Waals surface area contributed by atoms with Crippen molar-refractivity contribution in [1.29, 1.82) is 0 Å². The second-order valence-electron chi connectivity index (χ2n) is 6.34. The van der Waals surface area contributed by atoms with Crippen molar-refractivity contribution in [3.63, 3.8) is 0 Å². The van der Waals surface area contributed by atoms with Crippen molar-refractivity contribution in [3.8, 4) is 0 Å². The molecule has 0 aliphatic carbocycles. The summed E-state index contributed by atoms with van der Waals surface area (Å²) in [6.45, 7) is 0.285. The molecule has 1 aliphatic heterocycles. The van der Waals surface area contributed by atoms with Gasteiger partial charge in [-0.2, -0.15) is 9.40 Å². The second-order valence-corrected chi connectivity index (χ2v) is 8.28. The van der Waals surface area contributed by atoms with E-state index in [1.807, 2.05) is 6.07 Å². The molecule has 1 aromatic heterocycles. The minimum absolute atomic E-state index is 0.0403. The predicted octanol–water partition coefficient (Wildman–Crippen LogP) is 0.936. The van der Waals surface area contributed by atoms with Crippen LogP contribution in [-0.4, -0.2) is 54.4 Å². The van der Waals surface area contributed by atoms with Gasteiger partial charge in [0.15, 0.2) is 0 Å². The number of hydrogen-bond donors (Lipinski definition) is 3. The van der Waals surface area contributed by atoms with Gasteiger partial charge >= 0.3 is 0 Å². The lowest BCUT2D eigenvalue weighted by atomic mass is 10.2. The number of carbonyl (C=O) groups excluding carboxylic acids is 2. The average molecular weight is 399 g/mol. The van der Waals surface area contributed by atoms with E-state index in [0.717, 1.165) is 15.2 Å².